The van der Waals surface area contributed by atoms with Crippen molar-refractivity contribution in [3.8, 4) is 5.88 Å². The number of aromatic nitrogens is 5. The molecule has 158 valence electrons. The van der Waals surface area contributed by atoms with Crippen molar-refractivity contribution >= 4 is 40.5 Å². The maximum atomic E-state index is 14.5. The first-order valence-corrected chi connectivity index (χ1v) is 9.47. The van der Waals surface area contributed by atoms with E-state index < -0.39 is 18.1 Å². The molecule has 4 rings (SSSR count). The Labute approximate surface area is 176 Å². The van der Waals surface area contributed by atoms with Crippen molar-refractivity contribution in [3.63, 3.8) is 0 Å². The third-order valence-electron chi connectivity index (χ3n) is 4.76. The second kappa shape index (κ2) is 7.82. The zero-order valence-electron chi connectivity index (χ0n) is 16.3. The maximum absolute atomic E-state index is 14.5. The van der Waals surface area contributed by atoms with Gasteiger partial charge in [-0.3, -0.25) is 13.9 Å². The van der Waals surface area contributed by atoms with Gasteiger partial charge in [-0.05, 0) is 6.08 Å². The van der Waals surface area contributed by atoms with E-state index in [1.165, 1.54) is 13.3 Å². The monoisotopic (exact) mass is 434 g/mol. The summed E-state index contributed by atoms with van der Waals surface area (Å²) in [5, 5.41) is 10.4. The Bertz CT molecular complexity index is 1110. The molecule has 1 aliphatic heterocycles. The molecule has 0 spiro atoms. The number of nitrogens with one attached hydrogen (secondary N) is 2. The molecule has 10 nitrogen and oxygen atoms in total. The van der Waals surface area contributed by atoms with E-state index in [0.717, 1.165) is 6.08 Å². The molecule has 3 aromatic rings. The predicted molar refractivity (Wildman–Crippen MR) is 110 cm³/mol. The van der Waals surface area contributed by atoms with Crippen molar-refractivity contribution in [3.05, 3.63) is 36.4 Å². The molecule has 0 aliphatic carbocycles. The van der Waals surface area contributed by atoms with Crippen molar-refractivity contribution < 1.29 is 13.9 Å². The number of carbonyl (C=O) groups excluding carboxylic acids is 1. The van der Waals surface area contributed by atoms with Gasteiger partial charge in [-0.2, -0.15) is 0 Å². The number of imidazole rings is 1. The summed E-state index contributed by atoms with van der Waals surface area (Å²) in [5.41, 5.74) is 1.08. The molecule has 2 unspecified atom stereocenters. The molecule has 1 aliphatic rings. The van der Waals surface area contributed by atoms with E-state index in [2.05, 4.69) is 32.3 Å². The number of aryl methyl sites for hydroxylation is 1. The molecule has 0 saturated carbocycles. The van der Waals surface area contributed by atoms with Crippen LogP contribution in [0.3, 0.4) is 0 Å². The molecule has 1 amide bonds. The predicted octanol–water partition coefficient (Wildman–Crippen LogP) is 1.70. The molecular weight excluding hydrogens is 415 g/mol. The summed E-state index contributed by atoms with van der Waals surface area (Å²) < 4.78 is 23.0. The van der Waals surface area contributed by atoms with Crippen LogP contribution in [0, 0.1) is 0 Å². The molecule has 1 fully saturated rings. The van der Waals surface area contributed by atoms with E-state index >= 15 is 0 Å². The van der Waals surface area contributed by atoms with Crippen LogP contribution in [-0.2, 0) is 11.8 Å². The number of rotatable bonds is 6. The Morgan fingerprint density at radius 3 is 2.97 bits per heavy atom. The van der Waals surface area contributed by atoms with Crippen LogP contribution in [0.15, 0.2) is 31.2 Å². The summed E-state index contributed by atoms with van der Waals surface area (Å²) in [7, 11) is 3.28. The second-order valence-electron chi connectivity index (χ2n) is 6.81. The van der Waals surface area contributed by atoms with E-state index in [1.807, 2.05) is 0 Å². The van der Waals surface area contributed by atoms with Gasteiger partial charge in [0, 0.05) is 13.6 Å². The summed E-state index contributed by atoms with van der Waals surface area (Å²) in [6, 6.07) is -0.666. The number of ether oxygens (including phenoxy) is 1. The molecular formula is C18H20ClFN8O2. The molecule has 30 heavy (non-hydrogen) atoms. The number of nitrogens with zero attached hydrogens (tertiary/aromatic N) is 6. The minimum Gasteiger partial charge on any atom is -0.478 e. The van der Waals surface area contributed by atoms with Crippen LogP contribution in [0.5, 0.6) is 5.88 Å². The topological polar surface area (TPSA) is 102 Å². The average Bonchev–Trinajstić information content (AvgIpc) is 3.39. The van der Waals surface area contributed by atoms with Gasteiger partial charge in [0.2, 0.25) is 5.91 Å². The number of carbonyl (C=O) groups is 1. The number of halogens is 2. The fraction of sp³-hybridized carbons (Fsp3) is 0.333. The molecule has 0 radical (unpaired) electrons. The summed E-state index contributed by atoms with van der Waals surface area (Å²) in [6.07, 6.45) is 4.79. The van der Waals surface area contributed by atoms with Crippen LogP contribution < -0.4 is 20.3 Å². The number of fused-ring (bicyclic) bond motifs is 1. The average molecular weight is 435 g/mol. The highest BCUT2D eigenvalue weighted by atomic mass is 35.5. The largest absolute Gasteiger partial charge is 0.478 e. The number of hydrogen-bond donors (Lipinski definition) is 2. The lowest BCUT2D eigenvalue weighted by Gasteiger charge is -2.19. The Balaban J connectivity index is 1.69. The van der Waals surface area contributed by atoms with Gasteiger partial charge < -0.3 is 20.3 Å². The van der Waals surface area contributed by atoms with Crippen LogP contribution in [0.4, 0.5) is 21.7 Å². The number of anilines is 3. The minimum absolute atomic E-state index is 0.0720. The third-order valence-corrected chi connectivity index (χ3v) is 5.04. The van der Waals surface area contributed by atoms with Gasteiger partial charge >= 0.3 is 0 Å². The normalized spacial score (nSPS) is 18.6. The number of amides is 1. The lowest BCUT2D eigenvalue weighted by Crippen LogP contribution is -2.40. The van der Waals surface area contributed by atoms with E-state index in [1.54, 1.807) is 33.4 Å². The molecule has 3 aromatic heterocycles. The Kier molecular flexibility index (Phi) is 5.20. The number of hydrogen-bond acceptors (Lipinski definition) is 7. The Hall–Kier alpha value is -3.34. The van der Waals surface area contributed by atoms with Crippen LogP contribution in [0.1, 0.15) is 0 Å². The Morgan fingerprint density at radius 2 is 2.23 bits per heavy atom. The standard InChI is InChI=1S/C18H20ClFN8O2/c1-4-15(29)22-11-8-27(6-10(11)20)14-9-28-13(19)5-21-17(28)16(24-14)23-12-7-26(2)25-18(12)30-3/h4-5,7,9-11H,1,6,8H2,2-3H3,(H,22,29)(H,23,24). The van der Waals surface area contributed by atoms with Crippen molar-refractivity contribution in [2.45, 2.75) is 12.2 Å². The molecule has 2 N–H and O–H groups in total. The molecule has 4 heterocycles. The fourth-order valence-electron chi connectivity index (χ4n) is 3.34. The van der Waals surface area contributed by atoms with Gasteiger partial charge in [0.15, 0.2) is 11.5 Å². The fourth-order valence-corrected chi connectivity index (χ4v) is 3.52. The van der Waals surface area contributed by atoms with Gasteiger partial charge in [0.05, 0.1) is 38.3 Å². The molecule has 12 heteroatoms. The summed E-state index contributed by atoms with van der Waals surface area (Å²) in [6.45, 7) is 3.72. The van der Waals surface area contributed by atoms with E-state index in [-0.39, 0.29) is 13.1 Å². The second-order valence-corrected chi connectivity index (χ2v) is 7.20. The first kappa shape index (κ1) is 20.0. The van der Waals surface area contributed by atoms with E-state index in [4.69, 9.17) is 16.3 Å². The number of alkyl halides is 1. The minimum atomic E-state index is -1.25. The van der Waals surface area contributed by atoms with Gasteiger partial charge in [-0.1, -0.05) is 18.2 Å². The lowest BCUT2D eigenvalue weighted by molar-refractivity contribution is -0.117. The lowest BCUT2D eigenvalue weighted by atomic mass is 10.2. The molecule has 0 aromatic carbocycles. The zero-order valence-corrected chi connectivity index (χ0v) is 17.1. The molecule has 0 bridgehead atoms. The smallest absolute Gasteiger partial charge is 0.256 e. The third kappa shape index (κ3) is 3.63. The highest BCUT2D eigenvalue weighted by molar-refractivity contribution is 6.29. The van der Waals surface area contributed by atoms with Crippen LogP contribution >= 0.6 is 11.6 Å². The highest BCUT2D eigenvalue weighted by Gasteiger charge is 2.35. The van der Waals surface area contributed by atoms with Crippen molar-refractivity contribution in [1.82, 2.24) is 29.5 Å². The molecule has 2 atom stereocenters. The first-order valence-electron chi connectivity index (χ1n) is 9.09. The highest BCUT2D eigenvalue weighted by Crippen LogP contribution is 2.30. The van der Waals surface area contributed by atoms with E-state index in [9.17, 15) is 9.18 Å². The Morgan fingerprint density at radius 1 is 1.43 bits per heavy atom. The number of methoxy groups -OCH3 is 1. The van der Waals surface area contributed by atoms with Gasteiger partial charge in [-0.15, -0.1) is 5.10 Å². The van der Waals surface area contributed by atoms with Crippen molar-refractivity contribution in [2.75, 3.05) is 30.4 Å². The zero-order chi connectivity index (χ0) is 21.4. The van der Waals surface area contributed by atoms with Crippen molar-refractivity contribution in [1.29, 1.82) is 0 Å². The first-order chi connectivity index (χ1) is 14.4. The van der Waals surface area contributed by atoms with Gasteiger partial charge in [-0.25, -0.2) is 14.4 Å². The summed E-state index contributed by atoms with van der Waals surface area (Å²) in [5.74, 6) is 0.847. The van der Waals surface area contributed by atoms with Crippen molar-refractivity contribution in [2.24, 2.45) is 7.05 Å². The SMILES string of the molecule is C=CC(=O)NC1CN(c2cn3c(Cl)cnc3c(Nc3cn(C)nc3OC)n2)CC1F. The summed E-state index contributed by atoms with van der Waals surface area (Å²) in [4.78, 5) is 22.2. The van der Waals surface area contributed by atoms with Gasteiger partial charge in [0.1, 0.15) is 22.8 Å². The maximum Gasteiger partial charge on any atom is 0.256 e. The summed E-state index contributed by atoms with van der Waals surface area (Å²) >= 11 is 6.28. The quantitative estimate of drug-likeness (QED) is 0.569. The molecule has 1 saturated heterocycles. The van der Waals surface area contributed by atoms with Crippen LogP contribution in [0.25, 0.3) is 5.65 Å². The van der Waals surface area contributed by atoms with Gasteiger partial charge in [0.25, 0.3) is 5.88 Å². The van der Waals surface area contributed by atoms with Crippen LogP contribution in [-0.4, -0.2) is 62.5 Å². The van der Waals surface area contributed by atoms with E-state index in [0.29, 0.717) is 34.0 Å². The van der Waals surface area contributed by atoms with Crippen LogP contribution in [0.2, 0.25) is 5.15 Å².